The number of methoxy groups -OCH3 is 1. The van der Waals surface area contributed by atoms with Crippen LogP contribution in [-0.2, 0) is 16.0 Å². The van der Waals surface area contributed by atoms with E-state index in [1.165, 1.54) is 6.07 Å². The molecule has 100 valence electrons. The maximum Gasteiger partial charge on any atom is 0.165 e. The molecule has 0 saturated carbocycles. The average Bonchev–Trinajstić information content (AvgIpc) is 2.33. The van der Waals surface area contributed by atoms with E-state index in [2.05, 4.69) is 0 Å². The minimum Gasteiger partial charge on any atom is -0.488 e. The summed E-state index contributed by atoms with van der Waals surface area (Å²) in [6.45, 7) is 4.38. The fourth-order valence-corrected chi connectivity index (χ4v) is 1.41. The number of benzene rings is 1. The average molecular weight is 254 g/mol. The van der Waals surface area contributed by atoms with Crippen LogP contribution in [0.25, 0.3) is 0 Å². The molecule has 0 N–H and O–H groups in total. The highest BCUT2D eigenvalue weighted by Crippen LogP contribution is 2.20. The first-order valence-corrected chi connectivity index (χ1v) is 5.97. The summed E-state index contributed by atoms with van der Waals surface area (Å²) in [5, 5.41) is 0. The number of hydrogen-bond donors (Lipinski definition) is 0. The summed E-state index contributed by atoms with van der Waals surface area (Å²) in [6.07, 6.45) is 0.304. The summed E-state index contributed by atoms with van der Waals surface area (Å²) in [5.74, 6) is -0.148. The van der Waals surface area contributed by atoms with E-state index in [9.17, 15) is 9.18 Å². The normalized spacial score (nSPS) is 10.7. The number of carbonyl (C=O) groups excluding carboxylic acids is 1. The van der Waals surface area contributed by atoms with Gasteiger partial charge in [-0.2, -0.15) is 0 Å². The Morgan fingerprint density at radius 3 is 2.67 bits per heavy atom. The van der Waals surface area contributed by atoms with E-state index in [0.717, 1.165) is 5.56 Å². The van der Waals surface area contributed by atoms with Crippen LogP contribution in [0.15, 0.2) is 18.2 Å². The standard InChI is InChI=1S/C14H19FO3/c1-10(2)13(16)8-11-4-5-12(15)14(9-11)18-7-6-17-3/h4-5,9-10H,6-8H2,1-3H3. The molecule has 0 radical (unpaired) electrons. The van der Waals surface area contributed by atoms with Gasteiger partial charge in [-0.05, 0) is 17.7 Å². The number of hydrogen-bond acceptors (Lipinski definition) is 3. The molecule has 4 heteroatoms. The van der Waals surface area contributed by atoms with Gasteiger partial charge in [-0.3, -0.25) is 4.79 Å². The SMILES string of the molecule is COCCOc1cc(CC(=O)C(C)C)ccc1F. The van der Waals surface area contributed by atoms with Crippen molar-refractivity contribution in [2.75, 3.05) is 20.3 Å². The molecule has 0 aliphatic rings. The molecule has 0 aromatic heterocycles. The Kier molecular flexibility index (Phi) is 5.78. The lowest BCUT2D eigenvalue weighted by Crippen LogP contribution is -2.11. The second-order valence-electron chi connectivity index (χ2n) is 4.40. The van der Waals surface area contributed by atoms with Crippen molar-refractivity contribution < 1.29 is 18.7 Å². The lowest BCUT2D eigenvalue weighted by atomic mass is 10.0. The third-order valence-electron chi connectivity index (χ3n) is 2.56. The highest BCUT2D eigenvalue weighted by Gasteiger charge is 2.11. The van der Waals surface area contributed by atoms with Crippen LogP contribution in [0.4, 0.5) is 4.39 Å². The van der Waals surface area contributed by atoms with Gasteiger partial charge in [0, 0.05) is 19.4 Å². The fraction of sp³-hybridized carbons (Fsp3) is 0.500. The smallest absolute Gasteiger partial charge is 0.165 e. The van der Waals surface area contributed by atoms with Crippen molar-refractivity contribution in [1.29, 1.82) is 0 Å². The van der Waals surface area contributed by atoms with Crippen LogP contribution >= 0.6 is 0 Å². The highest BCUT2D eigenvalue weighted by atomic mass is 19.1. The Morgan fingerprint density at radius 2 is 2.06 bits per heavy atom. The first-order chi connectivity index (χ1) is 8.54. The molecule has 0 heterocycles. The molecule has 1 rings (SSSR count). The van der Waals surface area contributed by atoms with Crippen LogP contribution in [0.1, 0.15) is 19.4 Å². The van der Waals surface area contributed by atoms with Gasteiger partial charge in [0.15, 0.2) is 11.6 Å². The molecule has 18 heavy (non-hydrogen) atoms. The molecule has 0 fully saturated rings. The number of rotatable bonds is 7. The van der Waals surface area contributed by atoms with E-state index in [1.54, 1.807) is 19.2 Å². The van der Waals surface area contributed by atoms with Gasteiger partial charge in [0.2, 0.25) is 0 Å². The van der Waals surface area contributed by atoms with E-state index in [0.29, 0.717) is 13.0 Å². The van der Waals surface area contributed by atoms with Crippen molar-refractivity contribution in [2.24, 2.45) is 5.92 Å². The van der Waals surface area contributed by atoms with Crippen LogP contribution in [0, 0.1) is 11.7 Å². The van der Waals surface area contributed by atoms with Crippen molar-refractivity contribution in [3.05, 3.63) is 29.6 Å². The number of ether oxygens (including phenoxy) is 2. The maximum absolute atomic E-state index is 13.4. The number of Topliss-reactive ketones (excluding diaryl/α,β-unsaturated/α-hetero) is 1. The van der Waals surface area contributed by atoms with Gasteiger partial charge in [-0.1, -0.05) is 19.9 Å². The maximum atomic E-state index is 13.4. The Bertz CT molecular complexity index is 402. The predicted octanol–water partition coefficient (Wildman–Crippen LogP) is 2.62. The molecule has 0 aliphatic heterocycles. The Labute approximate surface area is 107 Å². The van der Waals surface area contributed by atoms with Crippen LogP contribution in [0.5, 0.6) is 5.75 Å². The summed E-state index contributed by atoms with van der Waals surface area (Å²) in [7, 11) is 1.55. The molecule has 0 bridgehead atoms. The highest BCUT2D eigenvalue weighted by molar-refractivity contribution is 5.82. The zero-order valence-corrected chi connectivity index (χ0v) is 11.0. The topological polar surface area (TPSA) is 35.5 Å². The zero-order chi connectivity index (χ0) is 13.5. The molecule has 1 aromatic carbocycles. The Hall–Kier alpha value is -1.42. The van der Waals surface area contributed by atoms with E-state index in [-0.39, 0.29) is 24.1 Å². The van der Waals surface area contributed by atoms with Crippen LogP contribution in [0.3, 0.4) is 0 Å². The lowest BCUT2D eigenvalue weighted by molar-refractivity contribution is -0.121. The molecule has 0 unspecified atom stereocenters. The quantitative estimate of drug-likeness (QED) is 0.702. The third-order valence-corrected chi connectivity index (χ3v) is 2.56. The fourth-order valence-electron chi connectivity index (χ4n) is 1.41. The van der Waals surface area contributed by atoms with Crippen molar-refractivity contribution in [2.45, 2.75) is 20.3 Å². The second-order valence-corrected chi connectivity index (χ2v) is 4.40. The number of ketones is 1. The summed E-state index contributed by atoms with van der Waals surface area (Å²) in [5.41, 5.74) is 0.766. The molecule has 3 nitrogen and oxygen atoms in total. The second kappa shape index (κ2) is 7.11. The van der Waals surface area contributed by atoms with E-state index in [4.69, 9.17) is 9.47 Å². The molecule has 0 spiro atoms. The first kappa shape index (κ1) is 14.6. The monoisotopic (exact) mass is 254 g/mol. The Balaban J connectivity index is 2.71. The molecular formula is C14H19FO3. The van der Waals surface area contributed by atoms with Gasteiger partial charge in [-0.15, -0.1) is 0 Å². The van der Waals surface area contributed by atoms with Crippen LogP contribution in [0.2, 0.25) is 0 Å². The summed E-state index contributed by atoms with van der Waals surface area (Å²) in [4.78, 5) is 11.6. The van der Waals surface area contributed by atoms with Crippen molar-refractivity contribution in [3.8, 4) is 5.75 Å². The largest absolute Gasteiger partial charge is 0.488 e. The summed E-state index contributed by atoms with van der Waals surface area (Å²) < 4.78 is 23.5. The summed E-state index contributed by atoms with van der Waals surface area (Å²) in [6, 6.07) is 4.51. The van der Waals surface area contributed by atoms with Crippen molar-refractivity contribution in [3.63, 3.8) is 0 Å². The first-order valence-electron chi connectivity index (χ1n) is 5.97. The minimum atomic E-state index is -0.424. The number of halogens is 1. The van der Waals surface area contributed by atoms with Crippen molar-refractivity contribution in [1.82, 2.24) is 0 Å². The number of carbonyl (C=O) groups is 1. The summed E-state index contributed by atoms with van der Waals surface area (Å²) >= 11 is 0. The predicted molar refractivity (Wildman–Crippen MR) is 67.3 cm³/mol. The van der Waals surface area contributed by atoms with Gasteiger partial charge in [0.1, 0.15) is 12.4 Å². The molecule has 0 saturated heterocycles. The van der Waals surface area contributed by atoms with E-state index in [1.807, 2.05) is 13.8 Å². The van der Waals surface area contributed by atoms with Gasteiger partial charge < -0.3 is 9.47 Å². The van der Waals surface area contributed by atoms with E-state index < -0.39 is 5.82 Å². The van der Waals surface area contributed by atoms with Gasteiger partial charge in [-0.25, -0.2) is 4.39 Å². The van der Waals surface area contributed by atoms with E-state index >= 15 is 0 Å². The molecule has 0 aliphatic carbocycles. The zero-order valence-electron chi connectivity index (χ0n) is 11.0. The minimum absolute atomic E-state index is 0.0205. The molecule has 0 atom stereocenters. The lowest BCUT2D eigenvalue weighted by Gasteiger charge is -2.09. The van der Waals surface area contributed by atoms with Gasteiger partial charge in [0.25, 0.3) is 0 Å². The van der Waals surface area contributed by atoms with Crippen LogP contribution < -0.4 is 4.74 Å². The van der Waals surface area contributed by atoms with Gasteiger partial charge in [0.05, 0.1) is 6.61 Å². The third kappa shape index (κ3) is 4.45. The van der Waals surface area contributed by atoms with Gasteiger partial charge >= 0.3 is 0 Å². The van der Waals surface area contributed by atoms with Crippen LogP contribution in [-0.4, -0.2) is 26.1 Å². The molecular weight excluding hydrogens is 235 g/mol. The Morgan fingerprint density at radius 1 is 1.33 bits per heavy atom. The molecule has 0 amide bonds. The van der Waals surface area contributed by atoms with Crippen molar-refractivity contribution >= 4 is 5.78 Å². The molecule has 1 aromatic rings.